The summed E-state index contributed by atoms with van der Waals surface area (Å²) >= 11 is 0. The summed E-state index contributed by atoms with van der Waals surface area (Å²) < 4.78 is 20.5. The zero-order chi connectivity index (χ0) is 18.1. The first-order valence-electron chi connectivity index (χ1n) is 8.39. The summed E-state index contributed by atoms with van der Waals surface area (Å²) in [5.41, 5.74) is 4.38. The number of carbonyl (C=O) groups is 1. The van der Waals surface area contributed by atoms with Crippen molar-refractivity contribution in [2.75, 3.05) is 6.61 Å². The van der Waals surface area contributed by atoms with Gasteiger partial charge in [0.2, 0.25) is 0 Å². The van der Waals surface area contributed by atoms with E-state index in [1.165, 1.54) is 12.1 Å². The molecule has 5 heteroatoms. The zero-order valence-electron chi connectivity index (χ0n) is 14.8. The molecule has 130 valence electrons. The van der Waals surface area contributed by atoms with Gasteiger partial charge in [0.05, 0.1) is 23.4 Å². The van der Waals surface area contributed by atoms with E-state index in [1.54, 1.807) is 19.1 Å². The van der Waals surface area contributed by atoms with Crippen molar-refractivity contribution < 1.29 is 13.9 Å². The molecule has 0 spiro atoms. The topological polar surface area (TPSA) is 43.6 Å². The average molecular weight is 340 g/mol. The van der Waals surface area contributed by atoms with Crippen molar-refractivity contribution in [2.24, 2.45) is 0 Å². The predicted octanol–water partition coefficient (Wildman–Crippen LogP) is 4.75. The van der Waals surface area contributed by atoms with Crippen LogP contribution in [0.4, 0.5) is 4.39 Å². The fraction of sp³-hybridized carbons (Fsp3) is 0.300. The predicted molar refractivity (Wildman–Crippen MR) is 95.4 cm³/mol. The largest absolute Gasteiger partial charge is 0.462 e. The van der Waals surface area contributed by atoms with Crippen LogP contribution >= 0.6 is 0 Å². The Hall–Kier alpha value is -2.69. The first-order chi connectivity index (χ1) is 11.9. The van der Waals surface area contributed by atoms with Gasteiger partial charge in [-0.2, -0.15) is 5.10 Å². The number of aryl methyl sites for hydroxylation is 1. The number of aromatic nitrogens is 2. The standard InChI is InChI=1S/C20H21FN2O2/c1-5-25-20(24)18-17(14-7-9-15(21)10-8-14)16-11-6-13(4)23(16)22-19(18)12(2)3/h6-12H,5H2,1-4H3. The van der Waals surface area contributed by atoms with Gasteiger partial charge in [-0.3, -0.25) is 0 Å². The van der Waals surface area contributed by atoms with Crippen LogP contribution in [0.25, 0.3) is 16.6 Å². The highest BCUT2D eigenvalue weighted by Gasteiger charge is 2.25. The molecule has 2 aromatic heterocycles. The van der Waals surface area contributed by atoms with Gasteiger partial charge in [-0.1, -0.05) is 26.0 Å². The third kappa shape index (κ3) is 3.02. The number of hydrogen-bond acceptors (Lipinski definition) is 3. The summed E-state index contributed by atoms with van der Waals surface area (Å²) in [6.07, 6.45) is 0. The van der Waals surface area contributed by atoms with Crippen LogP contribution in [0.2, 0.25) is 0 Å². The first-order valence-corrected chi connectivity index (χ1v) is 8.39. The van der Waals surface area contributed by atoms with Crippen molar-refractivity contribution in [1.82, 2.24) is 9.61 Å². The fourth-order valence-electron chi connectivity index (χ4n) is 2.99. The van der Waals surface area contributed by atoms with Gasteiger partial charge >= 0.3 is 5.97 Å². The second kappa shape index (κ2) is 6.67. The number of esters is 1. The molecule has 3 aromatic rings. The number of carbonyl (C=O) groups excluding carboxylic acids is 1. The molecule has 0 unspecified atom stereocenters. The molecule has 0 aliphatic carbocycles. The number of halogens is 1. The summed E-state index contributed by atoms with van der Waals surface area (Å²) in [4.78, 5) is 12.7. The molecular formula is C20H21FN2O2. The molecule has 0 fully saturated rings. The Balaban J connectivity index is 2.42. The lowest BCUT2D eigenvalue weighted by Gasteiger charge is -2.18. The zero-order valence-corrected chi connectivity index (χ0v) is 14.8. The molecule has 0 amide bonds. The maximum absolute atomic E-state index is 13.4. The molecule has 0 radical (unpaired) electrons. The minimum Gasteiger partial charge on any atom is -0.462 e. The van der Waals surface area contributed by atoms with E-state index in [9.17, 15) is 9.18 Å². The molecular weight excluding hydrogens is 319 g/mol. The van der Waals surface area contributed by atoms with Gasteiger partial charge in [0.25, 0.3) is 0 Å². The lowest BCUT2D eigenvalue weighted by molar-refractivity contribution is 0.0524. The van der Waals surface area contributed by atoms with Crippen LogP contribution in [0.5, 0.6) is 0 Å². The third-order valence-corrected chi connectivity index (χ3v) is 4.17. The Bertz CT molecular complexity index is 927. The van der Waals surface area contributed by atoms with E-state index in [1.807, 2.05) is 37.4 Å². The Kier molecular flexibility index (Phi) is 4.57. The molecule has 0 bridgehead atoms. The third-order valence-electron chi connectivity index (χ3n) is 4.17. The SMILES string of the molecule is CCOC(=O)c1c(C(C)C)nn2c(C)ccc2c1-c1ccc(F)cc1. The van der Waals surface area contributed by atoms with Crippen molar-refractivity contribution in [1.29, 1.82) is 0 Å². The van der Waals surface area contributed by atoms with Crippen molar-refractivity contribution in [3.05, 3.63) is 59.2 Å². The van der Waals surface area contributed by atoms with Crippen molar-refractivity contribution in [3.8, 4) is 11.1 Å². The highest BCUT2D eigenvalue weighted by molar-refractivity contribution is 6.03. The molecule has 0 saturated carbocycles. The second-order valence-electron chi connectivity index (χ2n) is 6.29. The Morgan fingerprint density at radius 3 is 2.48 bits per heavy atom. The highest BCUT2D eigenvalue weighted by Crippen LogP contribution is 2.34. The van der Waals surface area contributed by atoms with Gasteiger partial charge < -0.3 is 4.74 Å². The van der Waals surface area contributed by atoms with Gasteiger partial charge in [0.1, 0.15) is 5.82 Å². The number of hydrogen-bond donors (Lipinski definition) is 0. The van der Waals surface area contributed by atoms with Crippen LogP contribution < -0.4 is 0 Å². The molecule has 0 atom stereocenters. The van der Waals surface area contributed by atoms with Crippen molar-refractivity contribution >= 4 is 11.5 Å². The van der Waals surface area contributed by atoms with Crippen molar-refractivity contribution in [3.63, 3.8) is 0 Å². The summed E-state index contributed by atoms with van der Waals surface area (Å²) in [6.45, 7) is 8.00. The summed E-state index contributed by atoms with van der Waals surface area (Å²) in [6, 6.07) is 10.0. The van der Waals surface area contributed by atoms with Crippen LogP contribution in [0.3, 0.4) is 0 Å². The van der Waals surface area contributed by atoms with Gasteiger partial charge in [-0.25, -0.2) is 13.7 Å². The fourth-order valence-corrected chi connectivity index (χ4v) is 2.99. The number of ether oxygens (including phenoxy) is 1. The number of benzene rings is 1. The molecule has 4 nitrogen and oxygen atoms in total. The van der Waals surface area contributed by atoms with E-state index in [2.05, 4.69) is 5.10 Å². The van der Waals surface area contributed by atoms with Crippen LogP contribution in [0, 0.1) is 12.7 Å². The van der Waals surface area contributed by atoms with Gasteiger partial charge in [-0.05, 0) is 49.6 Å². The summed E-state index contributed by atoms with van der Waals surface area (Å²) in [7, 11) is 0. The quantitative estimate of drug-likeness (QED) is 0.644. The minimum absolute atomic E-state index is 0.0322. The normalized spacial score (nSPS) is 11.3. The number of fused-ring (bicyclic) bond motifs is 1. The second-order valence-corrected chi connectivity index (χ2v) is 6.29. The van der Waals surface area contributed by atoms with Crippen LogP contribution in [0.15, 0.2) is 36.4 Å². The van der Waals surface area contributed by atoms with E-state index >= 15 is 0 Å². The summed E-state index contributed by atoms with van der Waals surface area (Å²) in [5.74, 6) is -0.689. The minimum atomic E-state index is -0.403. The van der Waals surface area contributed by atoms with E-state index in [-0.39, 0.29) is 18.3 Å². The monoisotopic (exact) mass is 340 g/mol. The van der Waals surface area contributed by atoms with Crippen LogP contribution in [-0.2, 0) is 4.74 Å². The molecule has 0 N–H and O–H groups in total. The Morgan fingerprint density at radius 2 is 1.88 bits per heavy atom. The lowest BCUT2D eigenvalue weighted by atomic mass is 9.94. The van der Waals surface area contributed by atoms with Crippen molar-refractivity contribution in [2.45, 2.75) is 33.6 Å². The molecule has 25 heavy (non-hydrogen) atoms. The maximum atomic E-state index is 13.4. The summed E-state index contributed by atoms with van der Waals surface area (Å²) in [5, 5.41) is 4.68. The molecule has 2 heterocycles. The Labute approximate surface area is 146 Å². The van der Waals surface area contributed by atoms with E-state index in [0.29, 0.717) is 11.3 Å². The molecule has 0 saturated heterocycles. The van der Waals surface area contributed by atoms with E-state index in [0.717, 1.165) is 22.3 Å². The van der Waals surface area contributed by atoms with Gasteiger partial charge in [0, 0.05) is 11.3 Å². The highest BCUT2D eigenvalue weighted by atomic mass is 19.1. The van der Waals surface area contributed by atoms with E-state index in [4.69, 9.17) is 4.74 Å². The number of rotatable bonds is 4. The van der Waals surface area contributed by atoms with Gasteiger partial charge in [0.15, 0.2) is 0 Å². The average Bonchev–Trinajstić information content (AvgIpc) is 2.95. The van der Waals surface area contributed by atoms with Crippen LogP contribution in [-0.4, -0.2) is 22.2 Å². The van der Waals surface area contributed by atoms with Crippen LogP contribution in [0.1, 0.15) is 48.4 Å². The molecule has 0 aliphatic rings. The molecule has 1 aromatic carbocycles. The Morgan fingerprint density at radius 1 is 1.20 bits per heavy atom. The lowest BCUT2D eigenvalue weighted by Crippen LogP contribution is -2.16. The van der Waals surface area contributed by atoms with Gasteiger partial charge in [-0.15, -0.1) is 0 Å². The number of nitrogens with zero attached hydrogens (tertiary/aromatic N) is 2. The van der Waals surface area contributed by atoms with E-state index < -0.39 is 5.97 Å². The molecule has 3 rings (SSSR count). The molecule has 0 aliphatic heterocycles. The smallest absolute Gasteiger partial charge is 0.340 e. The first kappa shape index (κ1) is 17.1. The maximum Gasteiger partial charge on any atom is 0.340 e.